The van der Waals surface area contributed by atoms with Crippen LogP contribution < -0.4 is 5.32 Å². The summed E-state index contributed by atoms with van der Waals surface area (Å²) >= 11 is 0. The predicted molar refractivity (Wildman–Crippen MR) is 157 cm³/mol. The average Bonchev–Trinajstić information content (AvgIpc) is 3.26. The molecule has 0 aliphatic carbocycles. The van der Waals surface area contributed by atoms with Crippen LogP contribution in [0.15, 0.2) is 91.0 Å². The summed E-state index contributed by atoms with van der Waals surface area (Å²) in [5, 5.41) is 6.11. The number of aromatic nitrogens is 2. The van der Waals surface area contributed by atoms with Crippen LogP contribution in [-0.4, -0.2) is 9.38 Å². The second-order valence-corrected chi connectivity index (χ2v) is 10.1. The van der Waals surface area contributed by atoms with Crippen LogP contribution in [0, 0.1) is 34.6 Å². The molecule has 6 aromatic rings. The lowest BCUT2D eigenvalue weighted by molar-refractivity contribution is 1.08. The summed E-state index contributed by atoms with van der Waals surface area (Å²) in [4.78, 5) is 5.25. The smallest absolute Gasteiger partial charge is 0.157 e. The van der Waals surface area contributed by atoms with Crippen molar-refractivity contribution in [2.75, 3.05) is 5.32 Å². The summed E-state index contributed by atoms with van der Waals surface area (Å²) in [5.74, 6) is 0.876. The molecule has 0 radical (unpaired) electrons. The first-order valence-electron chi connectivity index (χ1n) is 12.8. The van der Waals surface area contributed by atoms with E-state index in [-0.39, 0.29) is 0 Å². The molecule has 0 unspecified atom stereocenters. The molecule has 0 amide bonds. The number of anilines is 2. The van der Waals surface area contributed by atoms with Gasteiger partial charge in [-0.25, -0.2) is 4.98 Å². The first kappa shape index (κ1) is 23.1. The quantitative estimate of drug-likeness (QED) is 0.272. The number of aryl methyl sites for hydroxylation is 5. The van der Waals surface area contributed by atoms with Gasteiger partial charge in [0.25, 0.3) is 0 Å². The molecule has 0 aliphatic rings. The van der Waals surface area contributed by atoms with Crippen LogP contribution in [-0.2, 0) is 0 Å². The molecule has 3 heteroatoms. The van der Waals surface area contributed by atoms with Crippen molar-refractivity contribution < 1.29 is 0 Å². The molecular formula is C34H31N3. The lowest BCUT2D eigenvalue weighted by atomic mass is 9.96. The summed E-state index contributed by atoms with van der Waals surface area (Å²) in [7, 11) is 0. The van der Waals surface area contributed by atoms with E-state index in [0.29, 0.717) is 0 Å². The normalized spacial score (nSPS) is 11.4. The number of pyridine rings is 1. The van der Waals surface area contributed by atoms with Gasteiger partial charge in [0.2, 0.25) is 0 Å². The number of hydrogen-bond acceptors (Lipinski definition) is 2. The maximum absolute atomic E-state index is 5.25. The standard InChI is InChI=1S/C34H31N3/c1-21-19-22(2)31(23(3)20-21)32-33(35-28-17-15-27(16-18-28)26-11-7-6-8-12-26)36-34-30-14-10-9-13-29(30)24(4)25(5)37(32)34/h6-20,35H,1-5H3. The van der Waals surface area contributed by atoms with Crippen LogP contribution in [0.2, 0.25) is 0 Å². The highest BCUT2D eigenvalue weighted by molar-refractivity contribution is 6.00. The Kier molecular flexibility index (Phi) is 5.57. The molecule has 6 rings (SSSR count). The van der Waals surface area contributed by atoms with Gasteiger partial charge in [0.1, 0.15) is 5.65 Å². The first-order valence-corrected chi connectivity index (χ1v) is 12.8. The zero-order valence-corrected chi connectivity index (χ0v) is 22.1. The molecule has 2 heterocycles. The molecule has 4 aromatic carbocycles. The van der Waals surface area contributed by atoms with E-state index in [9.17, 15) is 0 Å². The first-order chi connectivity index (χ1) is 17.9. The van der Waals surface area contributed by atoms with Crippen molar-refractivity contribution in [3.05, 3.63) is 119 Å². The van der Waals surface area contributed by atoms with Crippen LogP contribution >= 0.6 is 0 Å². The highest BCUT2D eigenvalue weighted by Gasteiger charge is 2.22. The van der Waals surface area contributed by atoms with Gasteiger partial charge in [-0.15, -0.1) is 0 Å². The molecule has 0 spiro atoms. The number of fused-ring (bicyclic) bond motifs is 3. The van der Waals surface area contributed by atoms with Crippen molar-refractivity contribution in [2.45, 2.75) is 34.6 Å². The van der Waals surface area contributed by atoms with Gasteiger partial charge < -0.3 is 5.32 Å². The maximum Gasteiger partial charge on any atom is 0.157 e. The number of rotatable bonds is 4. The summed E-state index contributed by atoms with van der Waals surface area (Å²) in [6.45, 7) is 11.0. The minimum atomic E-state index is 0.876. The lowest BCUT2D eigenvalue weighted by Gasteiger charge is -2.17. The van der Waals surface area contributed by atoms with Crippen LogP contribution in [0.1, 0.15) is 27.9 Å². The molecular weight excluding hydrogens is 450 g/mol. The monoisotopic (exact) mass is 481 g/mol. The third-order valence-corrected chi connectivity index (χ3v) is 7.50. The molecule has 0 atom stereocenters. The Hall–Kier alpha value is -4.37. The van der Waals surface area contributed by atoms with E-state index in [1.54, 1.807) is 0 Å². The van der Waals surface area contributed by atoms with E-state index in [0.717, 1.165) is 22.8 Å². The van der Waals surface area contributed by atoms with Crippen molar-refractivity contribution in [1.29, 1.82) is 0 Å². The zero-order valence-electron chi connectivity index (χ0n) is 22.1. The minimum Gasteiger partial charge on any atom is -0.338 e. The predicted octanol–water partition coefficient (Wildman–Crippen LogP) is 9.11. The Morgan fingerprint density at radius 3 is 1.92 bits per heavy atom. The Balaban J connectivity index is 1.58. The van der Waals surface area contributed by atoms with Crippen LogP contribution in [0.4, 0.5) is 11.5 Å². The summed E-state index contributed by atoms with van der Waals surface area (Å²) in [6.07, 6.45) is 0. The number of imidazole rings is 1. The van der Waals surface area contributed by atoms with E-state index < -0.39 is 0 Å². The largest absolute Gasteiger partial charge is 0.338 e. The number of hydrogen-bond donors (Lipinski definition) is 1. The van der Waals surface area contributed by atoms with E-state index in [2.05, 4.69) is 129 Å². The molecule has 0 saturated heterocycles. The fraction of sp³-hybridized carbons (Fsp3) is 0.147. The Morgan fingerprint density at radius 2 is 1.24 bits per heavy atom. The number of benzene rings is 4. The van der Waals surface area contributed by atoms with E-state index in [4.69, 9.17) is 4.98 Å². The Labute approximate surface area is 218 Å². The minimum absolute atomic E-state index is 0.876. The van der Waals surface area contributed by atoms with Crippen LogP contribution in [0.5, 0.6) is 0 Å². The fourth-order valence-corrected chi connectivity index (χ4v) is 5.68. The molecule has 3 nitrogen and oxygen atoms in total. The molecule has 0 fully saturated rings. The summed E-state index contributed by atoms with van der Waals surface area (Å²) in [6, 6.07) is 32.2. The third-order valence-electron chi connectivity index (χ3n) is 7.50. The van der Waals surface area contributed by atoms with Gasteiger partial charge in [-0.3, -0.25) is 4.40 Å². The average molecular weight is 482 g/mol. The molecule has 0 aliphatic heterocycles. The van der Waals surface area contributed by atoms with E-state index in [1.165, 1.54) is 55.4 Å². The van der Waals surface area contributed by atoms with E-state index in [1.807, 2.05) is 6.07 Å². The van der Waals surface area contributed by atoms with Gasteiger partial charge in [0.15, 0.2) is 5.82 Å². The molecule has 0 saturated carbocycles. The van der Waals surface area contributed by atoms with Crippen LogP contribution in [0.3, 0.4) is 0 Å². The Morgan fingerprint density at radius 1 is 0.649 bits per heavy atom. The fourth-order valence-electron chi connectivity index (χ4n) is 5.68. The maximum atomic E-state index is 5.25. The molecule has 1 N–H and O–H groups in total. The summed E-state index contributed by atoms with van der Waals surface area (Å²) < 4.78 is 2.35. The molecule has 37 heavy (non-hydrogen) atoms. The van der Waals surface area contributed by atoms with Crippen molar-refractivity contribution in [3.63, 3.8) is 0 Å². The van der Waals surface area contributed by atoms with Gasteiger partial charge in [-0.05, 0) is 80.0 Å². The van der Waals surface area contributed by atoms with Crippen molar-refractivity contribution in [2.24, 2.45) is 0 Å². The molecule has 0 bridgehead atoms. The lowest BCUT2D eigenvalue weighted by Crippen LogP contribution is -2.02. The van der Waals surface area contributed by atoms with Crippen molar-refractivity contribution in [3.8, 4) is 22.4 Å². The van der Waals surface area contributed by atoms with Crippen molar-refractivity contribution >= 4 is 27.9 Å². The highest BCUT2D eigenvalue weighted by atomic mass is 15.1. The number of nitrogens with zero attached hydrogens (tertiary/aromatic N) is 2. The second-order valence-electron chi connectivity index (χ2n) is 10.1. The SMILES string of the molecule is Cc1cc(C)c(-c2c(Nc3ccc(-c4ccccc4)cc3)nc3c4ccccc4c(C)c(C)n23)c(C)c1. The van der Waals surface area contributed by atoms with Gasteiger partial charge in [0, 0.05) is 22.3 Å². The second kappa shape index (κ2) is 8.94. The van der Waals surface area contributed by atoms with Crippen LogP contribution in [0.25, 0.3) is 38.8 Å². The topological polar surface area (TPSA) is 29.3 Å². The Bertz CT molecular complexity index is 1750. The van der Waals surface area contributed by atoms with Crippen molar-refractivity contribution in [1.82, 2.24) is 9.38 Å². The van der Waals surface area contributed by atoms with Gasteiger partial charge in [0.05, 0.1) is 5.69 Å². The highest BCUT2D eigenvalue weighted by Crippen LogP contribution is 2.39. The van der Waals surface area contributed by atoms with Gasteiger partial charge in [-0.2, -0.15) is 0 Å². The van der Waals surface area contributed by atoms with Gasteiger partial charge >= 0.3 is 0 Å². The molecule has 182 valence electrons. The van der Waals surface area contributed by atoms with Gasteiger partial charge in [-0.1, -0.05) is 84.4 Å². The zero-order chi connectivity index (χ0) is 25.7. The number of nitrogens with one attached hydrogen (secondary N) is 1. The summed E-state index contributed by atoms with van der Waals surface area (Å²) in [5.41, 5.74) is 13.0. The molecule has 2 aromatic heterocycles. The van der Waals surface area contributed by atoms with E-state index >= 15 is 0 Å². The third kappa shape index (κ3) is 3.88.